The van der Waals surface area contributed by atoms with Crippen LogP contribution in [-0.2, 0) is 11.3 Å². The summed E-state index contributed by atoms with van der Waals surface area (Å²) in [4.78, 5) is 7.76. The first-order valence-electron chi connectivity index (χ1n) is 3.67. The van der Waals surface area contributed by atoms with E-state index in [4.69, 9.17) is 4.84 Å². The fourth-order valence-corrected chi connectivity index (χ4v) is 1.74. The molecule has 1 heterocycles. The summed E-state index contributed by atoms with van der Waals surface area (Å²) in [7, 11) is 1.78. The molecule has 0 aliphatic heterocycles. The maximum atomic E-state index is 5.00. The lowest BCUT2D eigenvalue weighted by Gasteiger charge is -1.97. The second-order valence-corrected chi connectivity index (χ2v) is 3.69. The van der Waals surface area contributed by atoms with Gasteiger partial charge in [0.1, 0.15) is 0 Å². The Morgan fingerprint density at radius 3 is 2.91 bits per heavy atom. The van der Waals surface area contributed by atoms with Gasteiger partial charge in [-0.3, -0.25) is 0 Å². The summed E-state index contributed by atoms with van der Waals surface area (Å²) in [5.74, 6) is 0. The minimum atomic E-state index is 0.746. The summed E-state index contributed by atoms with van der Waals surface area (Å²) in [5, 5.41) is 0. The molecule has 11 heavy (non-hydrogen) atoms. The minimum Gasteiger partial charge on any atom is -0.302 e. The molecule has 0 amide bonds. The molecule has 1 rings (SSSR count). The largest absolute Gasteiger partial charge is 0.302 e. The predicted molar refractivity (Wildman–Crippen MR) is 47.8 cm³/mol. The van der Waals surface area contributed by atoms with Crippen molar-refractivity contribution in [1.82, 2.24) is 5.48 Å². The summed E-state index contributed by atoms with van der Waals surface area (Å²) in [6, 6.07) is 4.29. The SMILES string of the molecule is CNOCCc1ccc(C)s1. The molecule has 0 atom stereocenters. The van der Waals surface area contributed by atoms with Gasteiger partial charge in [0.05, 0.1) is 6.61 Å². The Morgan fingerprint density at radius 1 is 1.55 bits per heavy atom. The molecule has 0 unspecified atom stereocenters. The number of aryl methyl sites for hydroxylation is 1. The van der Waals surface area contributed by atoms with Gasteiger partial charge in [-0.25, -0.2) is 5.48 Å². The molecule has 1 N–H and O–H groups in total. The lowest BCUT2D eigenvalue weighted by Crippen LogP contribution is -2.09. The normalized spacial score (nSPS) is 10.4. The molecule has 3 heteroatoms. The van der Waals surface area contributed by atoms with Gasteiger partial charge in [0, 0.05) is 23.2 Å². The molecule has 0 aliphatic carbocycles. The van der Waals surface area contributed by atoms with E-state index < -0.39 is 0 Å². The molecule has 0 aromatic carbocycles. The van der Waals surface area contributed by atoms with Gasteiger partial charge in [0.2, 0.25) is 0 Å². The molecule has 0 bridgehead atoms. The van der Waals surface area contributed by atoms with Gasteiger partial charge < -0.3 is 4.84 Å². The molecule has 0 radical (unpaired) electrons. The van der Waals surface area contributed by atoms with Gasteiger partial charge in [-0.1, -0.05) is 0 Å². The standard InChI is InChI=1S/C8H13NOS/c1-7-3-4-8(11-7)5-6-10-9-2/h3-4,9H,5-6H2,1-2H3. The van der Waals surface area contributed by atoms with Crippen LogP contribution in [0.2, 0.25) is 0 Å². The highest BCUT2D eigenvalue weighted by Crippen LogP contribution is 2.14. The Balaban J connectivity index is 2.27. The molecule has 0 aliphatic rings. The summed E-state index contributed by atoms with van der Waals surface area (Å²) in [6.45, 7) is 2.86. The summed E-state index contributed by atoms with van der Waals surface area (Å²) in [6.07, 6.45) is 0.999. The Hall–Kier alpha value is -0.380. The molecule has 62 valence electrons. The first kappa shape index (κ1) is 8.71. The third-order valence-electron chi connectivity index (χ3n) is 1.39. The molecule has 0 saturated heterocycles. The van der Waals surface area contributed by atoms with Crippen LogP contribution in [0.25, 0.3) is 0 Å². The Morgan fingerprint density at radius 2 is 2.36 bits per heavy atom. The van der Waals surface area contributed by atoms with E-state index in [2.05, 4.69) is 24.5 Å². The maximum absolute atomic E-state index is 5.00. The number of hydroxylamine groups is 1. The van der Waals surface area contributed by atoms with Gasteiger partial charge >= 0.3 is 0 Å². The minimum absolute atomic E-state index is 0.746. The van der Waals surface area contributed by atoms with E-state index in [-0.39, 0.29) is 0 Å². The highest BCUT2D eigenvalue weighted by Gasteiger charge is 1.95. The van der Waals surface area contributed by atoms with Gasteiger partial charge in [-0.05, 0) is 19.1 Å². The first-order chi connectivity index (χ1) is 5.33. The molecular weight excluding hydrogens is 158 g/mol. The van der Waals surface area contributed by atoms with Crippen molar-refractivity contribution < 1.29 is 4.84 Å². The molecule has 1 aromatic heterocycles. The van der Waals surface area contributed by atoms with Crippen molar-refractivity contribution in [2.24, 2.45) is 0 Å². The van der Waals surface area contributed by atoms with Crippen molar-refractivity contribution in [3.8, 4) is 0 Å². The highest BCUT2D eigenvalue weighted by molar-refractivity contribution is 7.11. The molecule has 0 saturated carbocycles. The van der Waals surface area contributed by atoms with Crippen LogP contribution in [0.4, 0.5) is 0 Å². The van der Waals surface area contributed by atoms with Crippen molar-refractivity contribution in [3.05, 3.63) is 21.9 Å². The third-order valence-corrected chi connectivity index (χ3v) is 2.45. The number of hydrogen-bond donors (Lipinski definition) is 1. The van der Waals surface area contributed by atoms with E-state index in [0.717, 1.165) is 13.0 Å². The zero-order chi connectivity index (χ0) is 8.10. The average molecular weight is 171 g/mol. The molecule has 0 fully saturated rings. The van der Waals surface area contributed by atoms with Crippen LogP contribution in [0.1, 0.15) is 9.75 Å². The Bertz CT molecular complexity index is 210. The van der Waals surface area contributed by atoms with Crippen molar-refractivity contribution in [1.29, 1.82) is 0 Å². The van der Waals surface area contributed by atoms with Crippen molar-refractivity contribution in [2.75, 3.05) is 13.7 Å². The average Bonchev–Trinajstić information content (AvgIpc) is 2.37. The van der Waals surface area contributed by atoms with Crippen molar-refractivity contribution >= 4 is 11.3 Å². The van der Waals surface area contributed by atoms with Crippen LogP contribution >= 0.6 is 11.3 Å². The number of thiophene rings is 1. The predicted octanol–water partition coefficient (Wildman–Crippen LogP) is 1.75. The second kappa shape index (κ2) is 4.49. The van der Waals surface area contributed by atoms with Gasteiger partial charge in [-0.15, -0.1) is 11.3 Å². The molecule has 1 aromatic rings. The third kappa shape index (κ3) is 3.01. The Labute approximate surface area is 71.1 Å². The Kier molecular flexibility index (Phi) is 3.56. The number of nitrogens with one attached hydrogen (secondary N) is 1. The van der Waals surface area contributed by atoms with Crippen molar-refractivity contribution in [2.45, 2.75) is 13.3 Å². The summed E-state index contributed by atoms with van der Waals surface area (Å²) >= 11 is 1.83. The van der Waals surface area contributed by atoms with Gasteiger partial charge in [0.15, 0.2) is 0 Å². The van der Waals surface area contributed by atoms with E-state index in [1.54, 1.807) is 7.05 Å². The maximum Gasteiger partial charge on any atom is 0.0730 e. The first-order valence-corrected chi connectivity index (χ1v) is 4.48. The van der Waals surface area contributed by atoms with E-state index in [1.807, 2.05) is 11.3 Å². The highest BCUT2D eigenvalue weighted by atomic mass is 32.1. The smallest absolute Gasteiger partial charge is 0.0730 e. The van der Waals surface area contributed by atoms with Crippen LogP contribution in [-0.4, -0.2) is 13.7 Å². The van der Waals surface area contributed by atoms with Crippen LogP contribution < -0.4 is 5.48 Å². The number of rotatable bonds is 4. The fourth-order valence-electron chi connectivity index (χ4n) is 0.873. The van der Waals surface area contributed by atoms with Gasteiger partial charge in [0.25, 0.3) is 0 Å². The molecular formula is C8H13NOS. The lowest BCUT2D eigenvalue weighted by molar-refractivity contribution is 0.0607. The van der Waals surface area contributed by atoms with E-state index in [0.29, 0.717) is 0 Å². The fraction of sp³-hybridized carbons (Fsp3) is 0.500. The quantitative estimate of drug-likeness (QED) is 0.550. The van der Waals surface area contributed by atoms with Crippen LogP contribution in [0.15, 0.2) is 12.1 Å². The molecule has 2 nitrogen and oxygen atoms in total. The monoisotopic (exact) mass is 171 g/mol. The summed E-state index contributed by atoms with van der Waals surface area (Å²) < 4.78 is 0. The van der Waals surface area contributed by atoms with Crippen LogP contribution in [0.3, 0.4) is 0 Å². The summed E-state index contributed by atoms with van der Waals surface area (Å²) in [5.41, 5.74) is 2.65. The molecule has 0 spiro atoms. The van der Waals surface area contributed by atoms with Gasteiger partial charge in [-0.2, -0.15) is 0 Å². The van der Waals surface area contributed by atoms with E-state index >= 15 is 0 Å². The number of hydrogen-bond acceptors (Lipinski definition) is 3. The topological polar surface area (TPSA) is 21.3 Å². The second-order valence-electron chi connectivity index (χ2n) is 2.31. The van der Waals surface area contributed by atoms with Crippen molar-refractivity contribution in [3.63, 3.8) is 0 Å². The zero-order valence-electron chi connectivity index (χ0n) is 6.89. The van der Waals surface area contributed by atoms with Crippen LogP contribution in [0.5, 0.6) is 0 Å². The van der Waals surface area contributed by atoms with E-state index in [9.17, 15) is 0 Å². The van der Waals surface area contributed by atoms with Crippen LogP contribution in [0, 0.1) is 6.92 Å². The zero-order valence-corrected chi connectivity index (χ0v) is 7.70. The lowest BCUT2D eigenvalue weighted by atomic mass is 10.3. The van der Waals surface area contributed by atoms with E-state index in [1.165, 1.54) is 9.75 Å².